The number of rotatable bonds is 12. The van der Waals surface area contributed by atoms with Gasteiger partial charge in [0, 0.05) is 0 Å². The Labute approximate surface area is 198 Å². The van der Waals surface area contributed by atoms with Gasteiger partial charge in [-0.25, -0.2) is 0 Å². The molecule has 1 saturated carbocycles. The average Bonchev–Trinajstić information content (AvgIpc) is 2.80. The van der Waals surface area contributed by atoms with Crippen LogP contribution in [0.5, 0.6) is 5.75 Å². The molecule has 0 atom stereocenters. The fourth-order valence-corrected chi connectivity index (χ4v) is 5.36. The highest BCUT2D eigenvalue weighted by Gasteiger charge is 2.22. The summed E-state index contributed by atoms with van der Waals surface area (Å²) in [5, 5.41) is 0. The maximum atomic E-state index is 5.92. The number of unbranched alkanes of at least 4 members (excludes halogenated alkanes) is 3. The van der Waals surface area contributed by atoms with Crippen molar-refractivity contribution in [3.63, 3.8) is 0 Å². The summed E-state index contributed by atoms with van der Waals surface area (Å²) < 4.78 is 5.92. The Kier molecular flexibility index (Phi) is 10.2. The number of benzene rings is 2. The Morgan fingerprint density at radius 1 is 0.781 bits per heavy atom. The van der Waals surface area contributed by atoms with Crippen LogP contribution in [-0.2, 0) is 12.8 Å². The van der Waals surface area contributed by atoms with Crippen molar-refractivity contribution >= 4 is 0 Å². The molecule has 0 spiro atoms. The molecular weight excluding hydrogens is 388 g/mol. The van der Waals surface area contributed by atoms with Gasteiger partial charge in [-0.15, -0.1) is 0 Å². The maximum Gasteiger partial charge on any atom is 0.122 e. The molecule has 2 aromatic rings. The van der Waals surface area contributed by atoms with Crippen LogP contribution in [-0.4, -0.2) is 6.61 Å². The van der Waals surface area contributed by atoms with E-state index >= 15 is 0 Å². The van der Waals surface area contributed by atoms with Gasteiger partial charge >= 0.3 is 0 Å². The van der Waals surface area contributed by atoms with Gasteiger partial charge in [-0.2, -0.15) is 0 Å². The summed E-state index contributed by atoms with van der Waals surface area (Å²) in [6.07, 6.45) is 15.8. The molecule has 0 radical (unpaired) electrons. The second-order valence-electron chi connectivity index (χ2n) is 10.2. The van der Waals surface area contributed by atoms with Gasteiger partial charge in [-0.1, -0.05) is 76.3 Å². The third-order valence-electron chi connectivity index (χ3n) is 7.58. The summed E-state index contributed by atoms with van der Waals surface area (Å²) in [4.78, 5) is 0. The number of aryl methyl sites for hydroxylation is 4. The molecule has 0 N–H and O–H groups in total. The SMILES string of the molecule is CCCCC[C@H]1CC[C@H](c2ccc(CCc3ccc(OCCCC)c(C)c3)c(C)c2)CC1. The molecule has 3 rings (SSSR count). The molecule has 0 aromatic heterocycles. The zero-order valence-corrected chi connectivity index (χ0v) is 21.2. The van der Waals surface area contributed by atoms with Crippen molar-refractivity contribution in [1.82, 2.24) is 0 Å². The predicted molar refractivity (Wildman–Crippen MR) is 139 cm³/mol. The average molecular weight is 435 g/mol. The topological polar surface area (TPSA) is 9.23 Å². The third-order valence-corrected chi connectivity index (χ3v) is 7.58. The monoisotopic (exact) mass is 434 g/mol. The molecule has 1 fully saturated rings. The number of hydrogen-bond donors (Lipinski definition) is 0. The van der Waals surface area contributed by atoms with E-state index in [1.54, 1.807) is 5.56 Å². The molecule has 1 aliphatic rings. The summed E-state index contributed by atoms with van der Waals surface area (Å²) in [5.41, 5.74) is 7.24. The molecule has 0 bridgehead atoms. The van der Waals surface area contributed by atoms with Gasteiger partial charge in [0.05, 0.1) is 6.61 Å². The molecule has 2 aromatic carbocycles. The van der Waals surface area contributed by atoms with Crippen molar-refractivity contribution < 1.29 is 4.74 Å². The smallest absolute Gasteiger partial charge is 0.122 e. The minimum Gasteiger partial charge on any atom is -0.493 e. The Bertz CT molecular complexity index is 813. The highest BCUT2D eigenvalue weighted by Crippen LogP contribution is 2.38. The molecule has 176 valence electrons. The van der Waals surface area contributed by atoms with E-state index in [9.17, 15) is 0 Å². The van der Waals surface area contributed by atoms with Crippen LogP contribution < -0.4 is 4.74 Å². The van der Waals surface area contributed by atoms with Crippen molar-refractivity contribution in [2.24, 2.45) is 5.92 Å². The van der Waals surface area contributed by atoms with Crippen LogP contribution in [0.25, 0.3) is 0 Å². The van der Waals surface area contributed by atoms with E-state index in [-0.39, 0.29) is 0 Å². The van der Waals surface area contributed by atoms with E-state index in [0.29, 0.717) is 0 Å². The van der Waals surface area contributed by atoms with E-state index < -0.39 is 0 Å². The first kappa shape index (κ1) is 24.9. The molecular formula is C31H46O. The molecule has 1 aliphatic carbocycles. The van der Waals surface area contributed by atoms with Crippen molar-refractivity contribution in [3.8, 4) is 5.75 Å². The van der Waals surface area contributed by atoms with E-state index in [2.05, 4.69) is 64.1 Å². The van der Waals surface area contributed by atoms with Gasteiger partial charge in [0.2, 0.25) is 0 Å². The second-order valence-corrected chi connectivity index (χ2v) is 10.2. The van der Waals surface area contributed by atoms with Crippen molar-refractivity contribution in [3.05, 3.63) is 64.2 Å². The van der Waals surface area contributed by atoms with Crippen molar-refractivity contribution in [1.29, 1.82) is 0 Å². The Balaban J connectivity index is 1.50. The lowest BCUT2D eigenvalue weighted by atomic mass is 9.76. The molecule has 0 aliphatic heterocycles. The Morgan fingerprint density at radius 2 is 1.56 bits per heavy atom. The lowest BCUT2D eigenvalue weighted by Crippen LogP contribution is -2.13. The largest absolute Gasteiger partial charge is 0.493 e. The minimum atomic E-state index is 0.785. The van der Waals surface area contributed by atoms with Crippen LogP contribution in [0.3, 0.4) is 0 Å². The third kappa shape index (κ3) is 7.39. The van der Waals surface area contributed by atoms with Crippen molar-refractivity contribution in [2.45, 2.75) is 111 Å². The summed E-state index contributed by atoms with van der Waals surface area (Å²) in [6.45, 7) is 9.81. The zero-order valence-electron chi connectivity index (χ0n) is 21.2. The van der Waals surface area contributed by atoms with E-state index in [0.717, 1.165) is 43.5 Å². The Morgan fingerprint density at radius 3 is 2.25 bits per heavy atom. The minimum absolute atomic E-state index is 0.785. The highest BCUT2D eigenvalue weighted by atomic mass is 16.5. The number of hydrogen-bond acceptors (Lipinski definition) is 1. The summed E-state index contributed by atoms with van der Waals surface area (Å²) in [5.74, 6) is 2.82. The first-order chi connectivity index (χ1) is 15.6. The molecule has 1 nitrogen and oxygen atoms in total. The van der Waals surface area contributed by atoms with Crippen LogP contribution in [0.1, 0.15) is 112 Å². The predicted octanol–water partition coefficient (Wildman–Crippen LogP) is 9.12. The van der Waals surface area contributed by atoms with Gasteiger partial charge in [0.15, 0.2) is 0 Å². The van der Waals surface area contributed by atoms with E-state index in [4.69, 9.17) is 4.74 Å². The van der Waals surface area contributed by atoms with Gasteiger partial charge in [0.25, 0.3) is 0 Å². The molecule has 1 heteroatoms. The number of ether oxygens (including phenoxy) is 1. The normalized spacial score (nSPS) is 18.6. The van der Waals surface area contributed by atoms with Crippen molar-refractivity contribution in [2.75, 3.05) is 6.61 Å². The van der Waals surface area contributed by atoms with Gasteiger partial charge < -0.3 is 4.74 Å². The lowest BCUT2D eigenvalue weighted by Gasteiger charge is -2.29. The fraction of sp³-hybridized carbons (Fsp3) is 0.613. The van der Waals surface area contributed by atoms with Gasteiger partial charge in [0.1, 0.15) is 5.75 Å². The van der Waals surface area contributed by atoms with Crippen LogP contribution in [0.2, 0.25) is 0 Å². The van der Waals surface area contributed by atoms with Gasteiger partial charge in [-0.3, -0.25) is 0 Å². The quantitative estimate of drug-likeness (QED) is 0.303. The molecule has 32 heavy (non-hydrogen) atoms. The summed E-state index contributed by atoms with van der Waals surface area (Å²) in [7, 11) is 0. The maximum absolute atomic E-state index is 5.92. The summed E-state index contributed by atoms with van der Waals surface area (Å²) >= 11 is 0. The molecule has 0 heterocycles. The lowest BCUT2D eigenvalue weighted by molar-refractivity contribution is 0.302. The summed E-state index contributed by atoms with van der Waals surface area (Å²) in [6, 6.07) is 14.1. The second kappa shape index (κ2) is 13.1. The zero-order chi connectivity index (χ0) is 22.8. The van der Waals surface area contributed by atoms with Crippen LogP contribution in [0.4, 0.5) is 0 Å². The molecule has 0 unspecified atom stereocenters. The first-order valence-electron chi connectivity index (χ1n) is 13.4. The fourth-order valence-electron chi connectivity index (χ4n) is 5.36. The van der Waals surface area contributed by atoms with E-state index in [1.807, 2.05) is 0 Å². The van der Waals surface area contributed by atoms with Crippen LogP contribution >= 0.6 is 0 Å². The standard InChI is InChI=1S/C31H46O/c1-5-7-9-10-26-11-16-29(17-12-26)30-19-18-28(24(3)23-30)15-13-27-14-20-31(25(4)22-27)32-21-8-6-2/h14,18-20,22-23,26,29H,5-13,15-17,21H2,1-4H3/t26-,29-. The first-order valence-corrected chi connectivity index (χ1v) is 13.4. The van der Waals surface area contributed by atoms with Crippen LogP contribution in [0.15, 0.2) is 36.4 Å². The van der Waals surface area contributed by atoms with Gasteiger partial charge in [-0.05, 0) is 105 Å². The molecule has 0 saturated heterocycles. The molecule has 0 amide bonds. The Hall–Kier alpha value is -1.76. The van der Waals surface area contributed by atoms with E-state index in [1.165, 1.54) is 80.0 Å². The van der Waals surface area contributed by atoms with Crippen LogP contribution in [0, 0.1) is 19.8 Å². The highest BCUT2D eigenvalue weighted by molar-refractivity contribution is 5.38.